The van der Waals surface area contributed by atoms with Gasteiger partial charge < -0.3 is 11.1 Å². The molecule has 5 nitrogen and oxygen atoms in total. The lowest BCUT2D eigenvalue weighted by Gasteiger charge is -2.10. The molecule has 2 amide bonds. The number of hydrazine groups is 1. The SMILES string of the molecule is NC(=O)NNC(=S)Nc1ccc(SC(F)F)cc1. The Morgan fingerprint density at radius 3 is 2.39 bits per heavy atom. The van der Waals surface area contributed by atoms with Crippen molar-refractivity contribution < 1.29 is 13.6 Å². The number of benzene rings is 1. The second kappa shape index (κ2) is 6.97. The van der Waals surface area contributed by atoms with Crippen molar-refractivity contribution in [3.8, 4) is 0 Å². The van der Waals surface area contributed by atoms with E-state index in [2.05, 4.69) is 16.2 Å². The van der Waals surface area contributed by atoms with E-state index in [0.717, 1.165) is 0 Å². The molecule has 0 atom stereocenters. The van der Waals surface area contributed by atoms with Crippen LogP contribution < -0.4 is 21.9 Å². The molecule has 9 heteroatoms. The predicted molar refractivity (Wildman–Crippen MR) is 70.4 cm³/mol. The summed E-state index contributed by atoms with van der Waals surface area (Å²) >= 11 is 5.30. The zero-order valence-electron chi connectivity index (χ0n) is 8.94. The highest BCUT2D eigenvalue weighted by atomic mass is 32.2. The summed E-state index contributed by atoms with van der Waals surface area (Å²) < 4.78 is 24.1. The fourth-order valence-electron chi connectivity index (χ4n) is 1.00. The van der Waals surface area contributed by atoms with Crippen molar-refractivity contribution in [1.29, 1.82) is 0 Å². The van der Waals surface area contributed by atoms with Gasteiger partial charge in [-0.05, 0) is 36.5 Å². The molecule has 1 aromatic carbocycles. The van der Waals surface area contributed by atoms with Gasteiger partial charge in [0.05, 0.1) is 0 Å². The molecule has 0 heterocycles. The van der Waals surface area contributed by atoms with Gasteiger partial charge in [0.25, 0.3) is 5.76 Å². The minimum absolute atomic E-state index is 0.128. The number of thiocarbonyl (C=S) groups is 1. The number of hydrogen-bond acceptors (Lipinski definition) is 3. The lowest BCUT2D eigenvalue weighted by Crippen LogP contribution is -2.46. The summed E-state index contributed by atoms with van der Waals surface area (Å²) in [7, 11) is 0. The van der Waals surface area contributed by atoms with Gasteiger partial charge in [0.1, 0.15) is 0 Å². The van der Waals surface area contributed by atoms with Crippen LogP contribution in [0.15, 0.2) is 29.2 Å². The van der Waals surface area contributed by atoms with E-state index in [4.69, 9.17) is 18.0 Å². The van der Waals surface area contributed by atoms with E-state index in [1.807, 2.05) is 0 Å². The number of primary amides is 1. The number of halogens is 2. The zero-order valence-corrected chi connectivity index (χ0v) is 10.6. The van der Waals surface area contributed by atoms with Crippen LogP contribution in [0, 0.1) is 0 Å². The highest BCUT2D eigenvalue weighted by Crippen LogP contribution is 2.25. The minimum atomic E-state index is -2.45. The molecule has 0 aliphatic carbocycles. The van der Waals surface area contributed by atoms with Crippen LogP contribution in [0.2, 0.25) is 0 Å². The molecule has 0 aromatic heterocycles. The molecule has 0 bridgehead atoms. The van der Waals surface area contributed by atoms with E-state index in [1.54, 1.807) is 12.1 Å². The average molecular weight is 292 g/mol. The van der Waals surface area contributed by atoms with E-state index in [-0.39, 0.29) is 5.11 Å². The zero-order chi connectivity index (χ0) is 13.5. The van der Waals surface area contributed by atoms with Crippen molar-refractivity contribution in [2.24, 2.45) is 5.73 Å². The molecule has 0 saturated heterocycles. The summed E-state index contributed by atoms with van der Waals surface area (Å²) in [4.78, 5) is 10.8. The van der Waals surface area contributed by atoms with Crippen LogP contribution in [0.25, 0.3) is 0 Å². The number of nitrogens with one attached hydrogen (secondary N) is 3. The van der Waals surface area contributed by atoms with Gasteiger partial charge in [0, 0.05) is 10.6 Å². The number of nitrogens with two attached hydrogens (primary N) is 1. The highest BCUT2D eigenvalue weighted by Gasteiger charge is 2.05. The molecule has 0 aliphatic rings. The first-order chi connectivity index (χ1) is 8.47. The van der Waals surface area contributed by atoms with Crippen LogP contribution in [-0.2, 0) is 0 Å². The Bertz CT molecular complexity index is 427. The van der Waals surface area contributed by atoms with Crippen LogP contribution >= 0.6 is 24.0 Å². The van der Waals surface area contributed by atoms with Gasteiger partial charge in [-0.15, -0.1) is 0 Å². The fraction of sp³-hybridized carbons (Fsp3) is 0.111. The summed E-state index contributed by atoms with van der Waals surface area (Å²) in [5, 5.41) is 2.86. The summed E-state index contributed by atoms with van der Waals surface area (Å²) in [5.41, 5.74) is 9.85. The maximum absolute atomic E-state index is 12.1. The van der Waals surface area contributed by atoms with Crippen LogP contribution in [-0.4, -0.2) is 16.9 Å². The smallest absolute Gasteiger partial charge is 0.330 e. The van der Waals surface area contributed by atoms with E-state index in [9.17, 15) is 13.6 Å². The highest BCUT2D eigenvalue weighted by molar-refractivity contribution is 7.99. The van der Waals surface area contributed by atoms with Gasteiger partial charge >= 0.3 is 6.03 Å². The Balaban J connectivity index is 2.48. The molecule has 98 valence electrons. The largest absolute Gasteiger partial charge is 0.350 e. The van der Waals surface area contributed by atoms with E-state index < -0.39 is 11.8 Å². The number of thioether (sulfide) groups is 1. The first-order valence-electron chi connectivity index (χ1n) is 4.64. The number of carbonyl (C=O) groups excluding carboxylic acids is 1. The number of alkyl halides is 2. The number of urea groups is 1. The van der Waals surface area contributed by atoms with Gasteiger partial charge in [0.15, 0.2) is 5.11 Å². The molecular formula is C9H10F2N4OS2. The maximum Gasteiger partial charge on any atom is 0.330 e. The lowest BCUT2D eigenvalue weighted by molar-refractivity contribution is 0.247. The molecule has 0 saturated carbocycles. The lowest BCUT2D eigenvalue weighted by atomic mass is 10.3. The third-order valence-electron chi connectivity index (χ3n) is 1.64. The first kappa shape index (κ1) is 14.5. The summed E-state index contributed by atoms with van der Waals surface area (Å²) in [6.07, 6.45) is 0. The Labute approximate surface area is 111 Å². The third kappa shape index (κ3) is 5.64. The molecular weight excluding hydrogens is 282 g/mol. The molecule has 18 heavy (non-hydrogen) atoms. The molecule has 1 aromatic rings. The molecule has 0 fully saturated rings. The Morgan fingerprint density at radius 2 is 1.89 bits per heavy atom. The number of amides is 2. The number of carbonyl (C=O) groups is 1. The Morgan fingerprint density at radius 1 is 1.28 bits per heavy atom. The van der Waals surface area contributed by atoms with E-state index >= 15 is 0 Å². The van der Waals surface area contributed by atoms with Gasteiger partial charge in [0.2, 0.25) is 0 Å². The predicted octanol–water partition coefficient (Wildman–Crippen LogP) is 1.87. The van der Waals surface area contributed by atoms with Crippen molar-refractivity contribution in [3.05, 3.63) is 24.3 Å². The Hall–Kier alpha value is -1.61. The molecule has 0 spiro atoms. The van der Waals surface area contributed by atoms with Crippen molar-refractivity contribution >= 4 is 40.8 Å². The number of anilines is 1. The van der Waals surface area contributed by atoms with Crippen molar-refractivity contribution in [1.82, 2.24) is 10.9 Å². The normalized spacial score (nSPS) is 9.94. The monoisotopic (exact) mass is 292 g/mol. The van der Waals surface area contributed by atoms with Gasteiger partial charge in [-0.2, -0.15) is 8.78 Å². The summed E-state index contributed by atoms with van der Waals surface area (Å²) in [6, 6.07) is 5.46. The standard InChI is InChI=1S/C9H10F2N4OS2/c10-7(11)18-6-3-1-5(2-4-6)13-9(17)15-14-8(12)16/h1-4,7H,(H3,12,14,16)(H2,13,15,17). The molecule has 1 rings (SSSR count). The van der Waals surface area contributed by atoms with Crippen LogP contribution in [0.4, 0.5) is 19.3 Å². The summed E-state index contributed by atoms with van der Waals surface area (Å²) in [5.74, 6) is -2.45. The van der Waals surface area contributed by atoms with Gasteiger partial charge in [-0.3, -0.25) is 5.43 Å². The second-order valence-electron chi connectivity index (χ2n) is 2.97. The number of rotatable bonds is 3. The average Bonchev–Trinajstić information content (AvgIpc) is 2.28. The Kier molecular flexibility index (Phi) is 5.59. The number of hydrogen-bond donors (Lipinski definition) is 4. The summed E-state index contributed by atoms with van der Waals surface area (Å²) in [6.45, 7) is 0. The minimum Gasteiger partial charge on any atom is -0.350 e. The molecule has 0 unspecified atom stereocenters. The molecule has 0 aliphatic heterocycles. The molecule has 0 radical (unpaired) electrons. The maximum atomic E-state index is 12.1. The third-order valence-corrected chi connectivity index (χ3v) is 2.56. The first-order valence-corrected chi connectivity index (χ1v) is 5.93. The van der Waals surface area contributed by atoms with Crippen LogP contribution in [0.5, 0.6) is 0 Å². The van der Waals surface area contributed by atoms with Crippen LogP contribution in [0.1, 0.15) is 0 Å². The van der Waals surface area contributed by atoms with Crippen LogP contribution in [0.3, 0.4) is 0 Å². The van der Waals surface area contributed by atoms with Crippen molar-refractivity contribution in [2.45, 2.75) is 10.7 Å². The van der Waals surface area contributed by atoms with E-state index in [1.165, 1.54) is 12.1 Å². The van der Waals surface area contributed by atoms with Crippen molar-refractivity contribution in [2.75, 3.05) is 5.32 Å². The fourth-order valence-corrected chi connectivity index (χ4v) is 1.67. The quantitative estimate of drug-likeness (QED) is 0.388. The van der Waals surface area contributed by atoms with Gasteiger partial charge in [-0.25, -0.2) is 10.2 Å². The topological polar surface area (TPSA) is 79.2 Å². The second-order valence-corrected chi connectivity index (χ2v) is 4.44. The van der Waals surface area contributed by atoms with E-state index in [0.29, 0.717) is 22.3 Å². The van der Waals surface area contributed by atoms with Gasteiger partial charge in [-0.1, -0.05) is 11.8 Å². The van der Waals surface area contributed by atoms with Crippen molar-refractivity contribution in [3.63, 3.8) is 0 Å². The molecule has 5 N–H and O–H groups in total.